The highest BCUT2D eigenvalue weighted by atomic mass is 35.5. The van der Waals surface area contributed by atoms with Gasteiger partial charge in [0.2, 0.25) is 0 Å². The summed E-state index contributed by atoms with van der Waals surface area (Å²) in [5.41, 5.74) is 3.39. The molecule has 1 aliphatic heterocycles. The Balaban J connectivity index is 1.71. The lowest BCUT2D eigenvalue weighted by molar-refractivity contribution is 0.0905. The van der Waals surface area contributed by atoms with Crippen LogP contribution in [0.4, 0.5) is 5.69 Å². The molecule has 25 heavy (non-hydrogen) atoms. The number of hydrogen-bond acceptors (Lipinski definition) is 2. The summed E-state index contributed by atoms with van der Waals surface area (Å²) in [4.78, 5) is 2.18. The Bertz CT molecular complexity index is 714. The van der Waals surface area contributed by atoms with Gasteiger partial charge in [-0.15, -0.1) is 0 Å². The minimum absolute atomic E-state index is 0.240. The average molecular weight is 375 g/mol. The molecule has 0 saturated carbocycles. The fourth-order valence-electron chi connectivity index (χ4n) is 2.99. The molecular weight excluding hydrogens is 352 g/mol. The first-order chi connectivity index (χ1) is 12.1. The molecule has 1 heterocycles. The normalized spacial score (nSPS) is 16.6. The van der Waals surface area contributed by atoms with E-state index in [2.05, 4.69) is 29.3 Å². The number of benzene rings is 2. The maximum atomic E-state index is 6.00. The Morgan fingerprint density at radius 2 is 2.08 bits per heavy atom. The van der Waals surface area contributed by atoms with Gasteiger partial charge in [0.05, 0.1) is 6.10 Å². The highest BCUT2D eigenvalue weighted by molar-refractivity contribution is 7.80. The van der Waals surface area contributed by atoms with Crippen molar-refractivity contribution >= 4 is 34.6 Å². The van der Waals surface area contributed by atoms with E-state index in [-0.39, 0.29) is 6.10 Å². The maximum Gasteiger partial charge on any atom is 0.173 e. The zero-order valence-electron chi connectivity index (χ0n) is 14.4. The first-order valence-corrected chi connectivity index (χ1v) is 9.37. The quantitative estimate of drug-likeness (QED) is 0.742. The minimum atomic E-state index is 0.240. The van der Waals surface area contributed by atoms with Crippen LogP contribution in [0.1, 0.15) is 24.0 Å². The first-order valence-electron chi connectivity index (χ1n) is 8.59. The van der Waals surface area contributed by atoms with E-state index >= 15 is 0 Å². The van der Waals surface area contributed by atoms with Gasteiger partial charge >= 0.3 is 0 Å². The predicted octanol–water partition coefficient (Wildman–Crippen LogP) is 5.03. The molecule has 0 bridgehead atoms. The molecule has 0 amide bonds. The Morgan fingerprint density at radius 1 is 1.28 bits per heavy atom. The second-order valence-corrected chi connectivity index (χ2v) is 7.26. The lowest BCUT2D eigenvalue weighted by Gasteiger charge is -2.28. The predicted molar refractivity (Wildman–Crippen MR) is 108 cm³/mol. The van der Waals surface area contributed by atoms with E-state index in [1.807, 2.05) is 36.4 Å². The van der Waals surface area contributed by atoms with Crippen molar-refractivity contribution in [3.63, 3.8) is 0 Å². The van der Waals surface area contributed by atoms with Crippen molar-refractivity contribution in [3.05, 3.63) is 64.7 Å². The summed E-state index contributed by atoms with van der Waals surface area (Å²) < 4.78 is 5.81. The summed E-state index contributed by atoms with van der Waals surface area (Å²) in [6, 6.07) is 16.2. The minimum Gasteiger partial charge on any atom is -0.376 e. The zero-order chi connectivity index (χ0) is 17.6. The van der Waals surface area contributed by atoms with Crippen molar-refractivity contribution in [2.24, 2.45) is 0 Å². The van der Waals surface area contributed by atoms with Gasteiger partial charge in [-0.2, -0.15) is 0 Å². The summed E-state index contributed by atoms with van der Waals surface area (Å²) in [7, 11) is 0. The van der Waals surface area contributed by atoms with Gasteiger partial charge in [-0.05, 0) is 67.4 Å². The third-order valence-corrected chi connectivity index (χ3v) is 4.90. The fraction of sp³-hybridized carbons (Fsp3) is 0.350. The van der Waals surface area contributed by atoms with E-state index in [9.17, 15) is 0 Å². The Hall–Kier alpha value is -1.62. The van der Waals surface area contributed by atoms with Gasteiger partial charge in [0.15, 0.2) is 5.11 Å². The summed E-state index contributed by atoms with van der Waals surface area (Å²) >= 11 is 11.7. The van der Waals surface area contributed by atoms with E-state index < -0.39 is 0 Å². The largest absolute Gasteiger partial charge is 0.376 e. The lowest BCUT2D eigenvalue weighted by atomic mass is 10.2. The van der Waals surface area contributed by atoms with Gasteiger partial charge < -0.3 is 15.0 Å². The number of halogens is 1. The zero-order valence-corrected chi connectivity index (χ0v) is 15.9. The van der Waals surface area contributed by atoms with Crippen LogP contribution in [0.5, 0.6) is 0 Å². The number of hydrogen-bond donors (Lipinski definition) is 1. The van der Waals surface area contributed by atoms with Crippen molar-refractivity contribution in [2.45, 2.75) is 32.4 Å². The number of rotatable bonds is 5. The molecule has 3 nitrogen and oxygen atoms in total. The van der Waals surface area contributed by atoms with Crippen LogP contribution >= 0.6 is 23.8 Å². The molecule has 1 atom stereocenters. The molecule has 1 fully saturated rings. The van der Waals surface area contributed by atoms with Gasteiger partial charge in [-0.1, -0.05) is 35.9 Å². The van der Waals surface area contributed by atoms with Crippen LogP contribution in [-0.2, 0) is 11.3 Å². The molecule has 5 heteroatoms. The van der Waals surface area contributed by atoms with Crippen LogP contribution in [0.2, 0.25) is 5.02 Å². The highest BCUT2D eigenvalue weighted by Gasteiger charge is 2.21. The molecule has 0 unspecified atom stereocenters. The second kappa shape index (κ2) is 8.65. The van der Waals surface area contributed by atoms with Crippen LogP contribution in [0.25, 0.3) is 0 Å². The second-order valence-electron chi connectivity index (χ2n) is 6.44. The van der Waals surface area contributed by atoms with Crippen molar-refractivity contribution in [1.82, 2.24) is 4.90 Å². The number of aryl methyl sites for hydroxylation is 1. The molecule has 0 spiro atoms. The Kier molecular flexibility index (Phi) is 6.29. The van der Waals surface area contributed by atoms with E-state index in [1.54, 1.807) is 0 Å². The number of nitrogens with zero attached hydrogens (tertiary/aromatic N) is 1. The molecular formula is C20H23ClN2OS. The van der Waals surface area contributed by atoms with Crippen molar-refractivity contribution in [1.29, 1.82) is 0 Å². The van der Waals surface area contributed by atoms with E-state index in [0.29, 0.717) is 0 Å². The number of nitrogens with one attached hydrogen (secondary N) is 1. The third-order valence-electron chi connectivity index (χ3n) is 4.29. The SMILES string of the molecule is Cc1cccc(NC(=S)N(Cc2ccc(Cl)cc2)C[C@@H]2CCCO2)c1. The molecule has 0 radical (unpaired) electrons. The molecule has 1 aliphatic rings. The smallest absolute Gasteiger partial charge is 0.173 e. The van der Waals surface area contributed by atoms with Crippen LogP contribution in [0.15, 0.2) is 48.5 Å². The van der Waals surface area contributed by atoms with Crippen LogP contribution in [0, 0.1) is 6.92 Å². The Morgan fingerprint density at radius 3 is 2.76 bits per heavy atom. The van der Waals surface area contributed by atoms with Gasteiger partial charge in [0.1, 0.15) is 0 Å². The molecule has 1 N–H and O–H groups in total. The number of ether oxygens (including phenoxy) is 1. The van der Waals surface area contributed by atoms with Crippen LogP contribution in [0.3, 0.4) is 0 Å². The maximum absolute atomic E-state index is 6.00. The molecule has 3 rings (SSSR count). The lowest BCUT2D eigenvalue weighted by Crippen LogP contribution is -2.39. The first kappa shape index (κ1) is 18.2. The standard InChI is InChI=1S/C20H23ClN2OS/c1-15-4-2-5-18(12-15)22-20(25)23(14-19-6-3-11-24-19)13-16-7-9-17(21)10-8-16/h2,4-5,7-10,12,19H,3,6,11,13-14H2,1H3,(H,22,25)/t19-/m0/s1. The monoisotopic (exact) mass is 374 g/mol. The topological polar surface area (TPSA) is 24.5 Å². The van der Waals surface area contributed by atoms with E-state index in [1.165, 1.54) is 11.1 Å². The summed E-state index contributed by atoms with van der Waals surface area (Å²) in [6.45, 7) is 4.44. The highest BCUT2D eigenvalue weighted by Crippen LogP contribution is 2.18. The van der Waals surface area contributed by atoms with Crippen molar-refractivity contribution < 1.29 is 4.74 Å². The fourth-order valence-corrected chi connectivity index (χ4v) is 3.37. The van der Waals surface area contributed by atoms with E-state index in [4.69, 9.17) is 28.6 Å². The molecule has 2 aromatic rings. The van der Waals surface area contributed by atoms with Gasteiger partial charge in [-0.3, -0.25) is 0 Å². The molecule has 1 saturated heterocycles. The third kappa shape index (κ3) is 5.43. The molecule has 2 aromatic carbocycles. The van der Waals surface area contributed by atoms with Crippen LogP contribution in [-0.4, -0.2) is 29.3 Å². The summed E-state index contributed by atoms with van der Waals surface area (Å²) in [5.74, 6) is 0. The van der Waals surface area contributed by atoms with Crippen LogP contribution < -0.4 is 5.32 Å². The molecule has 0 aliphatic carbocycles. The average Bonchev–Trinajstić information content (AvgIpc) is 3.09. The summed E-state index contributed by atoms with van der Waals surface area (Å²) in [6.07, 6.45) is 2.45. The van der Waals surface area contributed by atoms with Gasteiger partial charge in [-0.25, -0.2) is 0 Å². The molecule has 132 valence electrons. The van der Waals surface area contributed by atoms with E-state index in [0.717, 1.165) is 48.4 Å². The summed E-state index contributed by atoms with van der Waals surface area (Å²) in [5, 5.41) is 4.83. The Labute approximate surface area is 159 Å². The molecule has 0 aromatic heterocycles. The van der Waals surface area contributed by atoms with Crippen molar-refractivity contribution in [3.8, 4) is 0 Å². The van der Waals surface area contributed by atoms with Crippen molar-refractivity contribution in [2.75, 3.05) is 18.5 Å². The van der Waals surface area contributed by atoms with Gasteiger partial charge in [0, 0.05) is 30.4 Å². The number of anilines is 1. The number of thiocarbonyl (C=S) groups is 1. The van der Waals surface area contributed by atoms with Gasteiger partial charge in [0.25, 0.3) is 0 Å².